The number of hydrogen-bond donors (Lipinski definition) is 2. The van der Waals surface area contributed by atoms with Crippen LogP contribution < -0.4 is 10.1 Å². The minimum atomic E-state index is -3.82. The molecule has 1 amide bonds. The minimum Gasteiger partial charge on any atom is -0.495 e. The Morgan fingerprint density at radius 3 is 2.31 bits per heavy atom. The first kappa shape index (κ1) is 21.9. The SMILES string of the molecule is COc1ccc(C(=O)NC(C)(CC(=O)O)C(C)C)cc1S(=O)(=O)N(C)C. The van der Waals surface area contributed by atoms with E-state index in [4.69, 9.17) is 9.84 Å². The van der Waals surface area contributed by atoms with Crippen LogP contribution >= 0.6 is 0 Å². The summed E-state index contributed by atoms with van der Waals surface area (Å²) in [5.41, 5.74) is -0.882. The van der Waals surface area contributed by atoms with Crippen LogP contribution in [0.25, 0.3) is 0 Å². The molecule has 1 rings (SSSR count). The monoisotopic (exact) mass is 386 g/mol. The standard InChI is InChI=1S/C17H26N2O6S/c1-11(2)17(3,10-15(20)21)18-16(22)12-7-8-13(25-6)14(9-12)26(23,24)19(4)5/h7-9,11H,10H2,1-6H3,(H,18,22)(H,20,21). The van der Waals surface area contributed by atoms with Gasteiger partial charge >= 0.3 is 5.97 Å². The smallest absolute Gasteiger partial charge is 0.305 e. The van der Waals surface area contributed by atoms with Gasteiger partial charge < -0.3 is 15.2 Å². The molecule has 0 aromatic heterocycles. The van der Waals surface area contributed by atoms with Crippen LogP contribution in [-0.2, 0) is 14.8 Å². The van der Waals surface area contributed by atoms with E-state index in [-0.39, 0.29) is 28.5 Å². The van der Waals surface area contributed by atoms with Crippen molar-refractivity contribution in [3.05, 3.63) is 23.8 Å². The molecular formula is C17H26N2O6S. The van der Waals surface area contributed by atoms with Crippen LogP contribution in [-0.4, -0.2) is 56.5 Å². The Bertz CT molecular complexity index is 788. The van der Waals surface area contributed by atoms with Gasteiger partial charge in [0.15, 0.2) is 0 Å². The Hall–Kier alpha value is -2.13. The van der Waals surface area contributed by atoms with Crippen molar-refractivity contribution in [2.24, 2.45) is 5.92 Å². The number of ether oxygens (including phenoxy) is 1. The lowest BCUT2D eigenvalue weighted by Crippen LogP contribution is -2.51. The van der Waals surface area contributed by atoms with E-state index >= 15 is 0 Å². The third kappa shape index (κ3) is 4.73. The molecule has 0 aliphatic rings. The second kappa shape index (κ2) is 8.05. The largest absolute Gasteiger partial charge is 0.495 e. The van der Waals surface area contributed by atoms with Crippen molar-refractivity contribution in [3.8, 4) is 5.75 Å². The summed E-state index contributed by atoms with van der Waals surface area (Å²) < 4.78 is 31.0. The molecule has 0 bridgehead atoms. The maximum atomic E-state index is 12.6. The highest BCUT2D eigenvalue weighted by atomic mass is 32.2. The van der Waals surface area contributed by atoms with E-state index in [1.54, 1.807) is 20.8 Å². The predicted molar refractivity (Wildman–Crippen MR) is 96.8 cm³/mol. The maximum Gasteiger partial charge on any atom is 0.305 e. The van der Waals surface area contributed by atoms with Crippen molar-refractivity contribution in [2.45, 2.75) is 37.6 Å². The number of rotatable bonds is 8. The van der Waals surface area contributed by atoms with Crippen LogP contribution in [0, 0.1) is 5.92 Å². The van der Waals surface area contributed by atoms with Crippen molar-refractivity contribution in [1.29, 1.82) is 0 Å². The third-order valence-electron chi connectivity index (χ3n) is 4.38. The molecule has 0 saturated carbocycles. The first-order chi connectivity index (χ1) is 11.8. The normalized spacial score (nSPS) is 14.2. The molecule has 0 aliphatic carbocycles. The van der Waals surface area contributed by atoms with Crippen molar-refractivity contribution < 1.29 is 27.9 Å². The fraction of sp³-hybridized carbons (Fsp3) is 0.529. The van der Waals surface area contributed by atoms with E-state index in [0.29, 0.717) is 0 Å². The molecule has 146 valence electrons. The number of benzene rings is 1. The number of amides is 1. The van der Waals surface area contributed by atoms with E-state index in [9.17, 15) is 18.0 Å². The lowest BCUT2D eigenvalue weighted by Gasteiger charge is -2.33. The maximum absolute atomic E-state index is 12.6. The quantitative estimate of drug-likeness (QED) is 0.701. The summed E-state index contributed by atoms with van der Waals surface area (Å²) in [7, 11) is 0.278. The minimum absolute atomic E-state index is 0.100. The second-order valence-corrected chi connectivity index (χ2v) is 8.87. The number of carbonyl (C=O) groups is 2. The molecule has 1 unspecified atom stereocenters. The van der Waals surface area contributed by atoms with E-state index in [0.717, 1.165) is 4.31 Å². The summed E-state index contributed by atoms with van der Waals surface area (Å²) in [5.74, 6) is -1.62. The molecule has 1 atom stereocenters. The van der Waals surface area contributed by atoms with Crippen molar-refractivity contribution in [3.63, 3.8) is 0 Å². The zero-order valence-electron chi connectivity index (χ0n) is 15.9. The number of sulfonamides is 1. The molecule has 1 aromatic carbocycles. The molecule has 0 spiro atoms. The lowest BCUT2D eigenvalue weighted by molar-refractivity contribution is -0.138. The first-order valence-electron chi connectivity index (χ1n) is 8.00. The molecule has 8 nitrogen and oxygen atoms in total. The van der Waals surface area contributed by atoms with Crippen LogP contribution in [0.15, 0.2) is 23.1 Å². The van der Waals surface area contributed by atoms with Gasteiger partial charge in [0.05, 0.1) is 19.1 Å². The number of aliphatic carboxylic acids is 1. The van der Waals surface area contributed by atoms with Crippen LogP contribution in [0.3, 0.4) is 0 Å². The summed E-state index contributed by atoms with van der Waals surface area (Å²) in [5, 5.41) is 11.8. The van der Waals surface area contributed by atoms with Crippen molar-refractivity contribution >= 4 is 21.9 Å². The molecule has 0 aliphatic heterocycles. The Kier molecular flexibility index (Phi) is 6.78. The van der Waals surface area contributed by atoms with Crippen molar-refractivity contribution in [2.75, 3.05) is 21.2 Å². The fourth-order valence-corrected chi connectivity index (χ4v) is 3.33. The molecule has 2 N–H and O–H groups in total. The predicted octanol–water partition coefficient (Wildman–Crippen LogP) is 1.56. The number of carboxylic acid groups (broad SMARTS) is 1. The van der Waals surface area contributed by atoms with Crippen molar-refractivity contribution in [1.82, 2.24) is 9.62 Å². The third-order valence-corrected chi connectivity index (χ3v) is 6.21. The van der Waals surface area contributed by atoms with Gasteiger partial charge in [-0.2, -0.15) is 0 Å². The van der Waals surface area contributed by atoms with Gasteiger partial charge in [-0.05, 0) is 31.0 Å². The molecule has 26 heavy (non-hydrogen) atoms. The van der Waals surface area contributed by atoms with Gasteiger partial charge in [-0.3, -0.25) is 9.59 Å². The summed E-state index contributed by atoms with van der Waals surface area (Å²) in [6.45, 7) is 5.25. The highest BCUT2D eigenvalue weighted by Gasteiger charge is 2.33. The Morgan fingerprint density at radius 1 is 1.31 bits per heavy atom. The van der Waals surface area contributed by atoms with Gasteiger partial charge in [0.2, 0.25) is 10.0 Å². The average Bonchev–Trinajstić information content (AvgIpc) is 2.52. The second-order valence-electron chi connectivity index (χ2n) is 6.75. The summed E-state index contributed by atoms with van der Waals surface area (Å²) >= 11 is 0. The molecule has 9 heteroatoms. The highest BCUT2D eigenvalue weighted by molar-refractivity contribution is 7.89. The zero-order valence-corrected chi connectivity index (χ0v) is 16.7. The Labute approximate surface area is 154 Å². The van der Waals surface area contributed by atoms with Crippen LogP contribution in [0.5, 0.6) is 5.75 Å². The molecular weight excluding hydrogens is 360 g/mol. The van der Waals surface area contributed by atoms with Gasteiger partial charge in [0.1, 0.15) is 10.6 Å². The van der Waals surface area contributed by atoms with Gasteiger partial charge in [0.25, 0.3) is 5.91 Å². The number of nitrogens with zero attached hydrogens (tertiary/aromatic N) is 1. The summed E-state index contributed by atoms with van der Waals surface area (Å²) in [6, 6.07) is 4.06. The lowest BCUT2D eigenvalue weighted by atomic mass is 9.85. The number of carboxylic acids is 1. The number of nitrogens with one attached hydrogen (secondary N) is 1. The Morgan fingerprint density at radius 2 is 1.88 bits per heavy atom. The first-order valence-corrected chi connectivity index (χ1v) is 9.44. The average molecular weight is 386 g/mol. The summed E-state index contributed by atoms with van der Waals surface area (Å²) in [4.78, 5) is 23.6. The highest BCUT2D eigenvalue weighted by Crippen LogP contribution is 2.28. The number of hydrogen-bond acceptors (Lipinski definition) is 5. The van der Waals surface area contributed by atoms with E-state index in [1.165, 1.54) is 39.4 Å². The molecule has 1 aromatic rings. The number of carbonyl (C=O) groups excluding carboxylic acids is 1. The molecule has 0 saturated heterocycles. The molecule has 0 heterocycles. The van der Waals surface area contributed by atoms with Gasteiger partial charge in [-0.15, -0.1) is 0 Å². The van der Waals surface area contributed by atoms with Crippen LogP contribution in [0.4, 0.5) is 0 Å². The van der Waals surface area contributed by atoms with E-state index < -0.39 is 27.4 Å². The number of methoxy groups -OCH3 is 1. The van der Waals surface area contributed by atoms with Gasteiger partial charge in [0, 0.05) is 19.7 Å². The van der Waals surface area contributed by atoms with Crippen LogP contribution in [0.1, 0.15) is 37.6 Å². The zero-order chi connectivity index (χ0) is 20.3. The van der Waals surface area contributed by atoms with E-state index in [2.05, 4.69) is 5.32 Å². The molecule has 0 radical (unpaired) electrons. The Balaban J connectivity index is 3.32. The van der Waals surface area contributed by atoms with Crippen LogP contribution in [0.2, 0.25) is 0 Å². The summed E-state index contributed by atoms with van der Waals surface area (Å²) in [6.07, 6.45) is -0.255. The van der Waals surface area contributed by atoms with Gasteiger partial charge in [-0.25, -0.2) is 12.7 Å². The fourth-order valence-electron chi connectivity index (χ4n) is 2.25. The molecule has 0 fully saturated rings. The van der Waals surface area contributed by atoms with Gasteiger partial charge in [-0.1, -0.05) is 13.8 Å². The van der Waals surface area contributed by atoms with E-state index in [1.807, 2.05) is 0 Å². The topological polar surface area (TPSA) is 113 Å².